The summed E-state index contributed by atoms with van der Waals surface area (Å²) in [4.78, 5) is 19.5. The third-order valence-corrected chi connectivity index (χ3v) is 3.29. The van der Waals surface area contributed by atoms with Gasteiger partial charge in [0, 0.05) is 0 Å². The Labute approximate surface area is 105 Å². The van der Waals surface area contributed by atoms with Crippen molar-refractivity contribution in [1.82, 2.24) is 9.97 Å². The van der Waals surface area contributed by atoms with Gasteiger partial charge in [0.2, 0.25) is 0 Å². The Morgan fingerprint density at radius 3 is 2.88 bits per heavy atom. The van der Waals surface area contributed by atoms with Gasteiger partial charge in [-0.05, 0) is 25.2 Å². The molecule has 0 spiro atoms. The van der Waals surface area contributed by atoms with Crippen LogP contribution in [0.1, 0.15) is 43.1 Å². The summed E-state index contributed by atoms with van der Waals surface area (Å²) in [7, 11) is 0. The summed E-state index contributed by atoms with van der Waals surface area (Å²) in [6.07, 6.45) is 7.14. The molecule has 0 bridgehead atoms. The van der Waals surface area contributed by atoms with Crippen molar-refractivity contribution in [2.75, 3.05) is 0 Å². The molecule has 2 atom stereocenters. The fraction of sp³-hybridized carbons (Fsp3) is 0.583. The van der Waals surface area contributed by atoms with Crippen molar-refractivity contribution in [1.29, 1.82) is 0 Å². The van der Waals surface area contributed by atoms with Crippen LogP contribution in [0.4, 0.5) is 0 Å². The zero-order valence-corrected chi connectivity index (χ0v) is 10.5. The number of hydrogen-bond donors (Lipinski definition) is 0. The summed E-state index contributed by atoms with van der Waals surface area (Å²) in [5.74, 6) is -0.0152. The van der Waals surface area contributed by atoms with Gasteiger partial charge in [0.15, 0.2) is 5.69 Å². The normalized spacial score (nSPS) is 24.4. The van der Waals surface area contributed by atoms with E-state index in [-0.39, 0.29) is 17.0 Å². The molecule has 0 aliphatic heterocycles. The van der Waals surface area contributed by atoms with Crippen LogP contribution in [-0.2, 0) is 4.74 Å². The van der Waals surface area contributed by atoms with Crippen LogP contribution in [-0.4, -0.2) is 22.0 Å². The van der Waals surface area contributed by atoms with Crippen molar-refractivity contribution in [3.63, 3.8) is 0 Å². The van der Waals surface area contributed by atoms with Gasteiger partial charge in [0.25, 0.3) is 0 Å². The smallest absolute Gasteiger partial charge is 0.358 e. The summed E-state index contributed by atoms with van der Waals surface area (Å²) in [6.45, 7) is 2.11. The molecule has 1 heterocycles. The monoisotopic (exact) mass is 254 g/mol. The number of carbonyl (C=O) groups is 1. The van der Waals surface area contributed by atoms with Crippen LogP contribution in [0.2, 0.25) is 5.15 Å². The van der Waals surface area contributed by atoms with Crippen molar-refractivity contribution in [2.45, 2.75) is 38.7 Å². The number of esters is 1. The van der Waals surface area contributed by atoms with E-state index in [0.717, 1.165) is 19.3 Å². The molecule has 0 saturated heterocycles. The largest absolute Gasteiger partial charge is 0.457 e. The lowest BCUT2D eigenvalue weighted by molar-refractivity contribution is 0.00415. The molecule has 92 valence electrons. The van der Waals surface area contributed by atoms with Crippen LogP contribution in [0.5, 0.6) is 0 Å². The first kappa shape index (κ1) is 12.3. The van der Waals surface area contributed by atoms with E-state index in [2.05, 4.69) is 16.9 Å². The van der Waals surface area contributed by atoms with Crippen LogP contribution in [0.3, 0.4) is 0 Å². The Morgan fingerprint density at radius 2 is 2.18 bits per heavy atom. The van der Waals surface area contributed by atoms with Gasteiger partial charge in [-0.2, -0.15) is 0 Å². The zero-order chi connectivity index (χ0) is 12.3. The number of rotatable bonds is 2. The summed E-state index contributed by atoms with van der Waals surface area (Å²) in [5, 5.41) is 0.205. The Morgan fingerprint density at radius 1 is 1.41 bits per heavy atom. The van der Waals surface area contributed by atoms with Gasteiger partial charge in [0.05, 0.1) is 12.4 Å². The molecule has 1 saturated carbocycles. The third-order valence-electron chi connectivity index (χ3n) is 3.11. The average Bonchev–Trinajstić information content (AvgIpc) is 2.32. The topological polar surface area (TPSA) is 52.1 Å². The van der Waals surface area contributed by atoms with Crippen LogP contribution in [0.15, 0.2) is 12.4 Å². The minimum absolute atomic E-state index is 0.00275. The zero-order valence-electron chi connectivity index (χ0n) is 9.73. The number of carbonyl (C=O) groups excluding carboxylic acids is 1. The first-order valence-electron chi connectivity index (χ1n) is 5.85. The number of hydrogen-bond acceptors (Lipinski definition) is 4. The van der Waals surface area contributed by atoms with Gasteiger partial charge in [-0.1, -0.05) is 24.9 Å². The first-order chi connectivity index (χ1) is 8.16. The molecule has 0 radical (unpaired) electrons. The fourth-order valence-corrected chi connectivity index (χ4v) is 2.24. The third kappa shape index (κ3) is 3.16. The highest BCUT2D eigenvalue weighted by Crippen LogP contribution is 2.26. The van der Waals surface area contributed by atoms with Gasteiger partial charge in [-0.25, -0.2) is 9.78 Å². The standard InChI is InChI=1S/C12H15ClN2O2/c1-8-4-2-3-5-10(8)17-12(16)9-6-14-7-11(13)15-9/h6-8,10H,2-5H2,1H3. The highest BCUT2D eigenvalue weighted by Gasteiger charge is 2.25. The molecule has 1 fully saturated rings. The molecule has 1 aliphatic rings. The first-order valence-corrected chi connectivity index (χ1v) is 6.23. The second-order valence-electron chi connectivity index (χ2n) is 4.43. The molecule has 1 aliphatic carbocycles. The maximum Gasteiger partial charge on any atom is 0.358 e. The van der Waals surface area contributed by atoms with Crippen molar-refractivity contribution in [2.24, 2.45) is 5.92 Å². The van der Waals surface area contributed by atoms with Crippen molar-refractivity contribution in [3.8, 4) is 0 Å². The Hall–Kier alpha value is -1.16. The molecule has 0 N–H and O–H groups in total. The second kappa shape index (κ2) is 5.45. The highest BCUT2D eigenvalue weighted by atomic mass is 35.5. The highest BCUT2D eigenvalue weighted by molar-refractivity contribution is 6.29. The van der Waals surface area contributed by atoms with Gasteiger partial charge < -0.3 is 4.74 Å². The fourth-order valence-electron chi connectivity index (χ4n) is 2.10. The van der Waals surface area contributed by atoms with Crippen LogP contribution < -0.4 is 0 Å². The van der Waals surface area contributed by atoms with Gasteiger partial charge in [-0.15, -0.1) is 0 Å². The van der Waals surface area contributed by atoms with E-state index in [1.165, 1.54) is 18.8 Å². The molecule has 4 nitrogen and oxygen atoms in total. The van der Waals surface area contributed by atoms with E-state index < -0.39 is 5.97 Å². The van der Waals surface area contributed by atoms with Gasteiger partial charge >= 0.3 is 5.97 Å². The Bertz CT molecular complexity index is 411. The molecule has 1 aromatic heterocycles. The maximum absolute atomic E-state index is 11.8. The van der Waals surface area contributed by atoms with E-state index >= 15 is 0 Å². The predicted octanol–water partition coefficient (Wildman–Crippen LogP) is 2.87. The molecular formula is C12H15ClN2O2. The molecule has 0 amide bonds. The molecule has 1 aromatic rings. The summed E-state index contributed by atoms with van der Waals surface area (Å²) < 4.78 is 5.44. The molecular weight excluding hydrogens is 240 g/mol. The van der Waals surface area contributed by atoms with Crippen LogP contribution in [0.25, 0.3) is 0 Å². The van der Waals surface area contributed by atoms with Crippen molar-refractivity contribution < 1.29 is 9.53 Å². The van der Waals surface area contributed by atoms with E-state index in [9.17, 15) is 4.79 Å². The van der Waals surface area contributed by atoms with Crippen LogP contribution >= 0.6 is 11.6 Å². The van der Waals surface area contributed by atoms with E-state index in [1.807, 2.05) is 0 Å². The Kier molecular flexibility index (Phi) is 3.94. The lowest BCUT2D eigenvalue weighted by Gasteiger charge is -2.28. The lowest BCUT2D eigenvalue weighted by Crippen LogP contribution is -2.28. The molecule has 17 heavy (non-hydrogen) atoms. The minimum atomic E-state index is -0.432. The van der Waals surface area contributed by atoms with Crippen LogP contribution in [0, 0.1) is 5.92 Å². The van der Waals surface area contributed by atoms with E-state index in [1.54, 1.807) is 0 Å². The number of nitrogens with zero attached hydrogens (tertiary/aromatic N) is 2. The minimum Gasteiger partial charge on any atom is -0.457 e. The number of halogens is 1. The molecule has 2 rings (SSSR count). The van der Waals surface area contributed by atoms with E-state index in [4.69, 9.17) is 16.3 Å². The molecule has 0 aromatic carbocycles. The average molecular weight is 255 g/mol. The number of aromatic nitrogens is 2. The van der Waals surface area contributed by atoms with Gasteiger partial charge in [0.1, 0.15) is 11.3 Å². The summed E-state index contributed by atoms with van der Waals surface area (Å²) in [6, 6.07) is 0. The maximum atomic E-state index is 11.8. The summed E-state index contributed by atoms with van der Waals surface area (Å²) in [5.41, 5.74) is 0.176. The van der Waals surface area contributed by atoms with E-state index in [0.29, 0.717) is 5.92 Å². The SMILES string of the molecule is CC1CCCCC1OC(=O)c1cncc(Cl)n1. The number of ether oxygens (including phenoxy) is 1. The second-order valence-corrected chi connectivity index (χ2v) is 4.82. The van der Waals surface area contributed by atoms with Gasteiger partial charge in [-0.3, -0.25) is 4.98 Å². The molecule has 5 heteroatoms. The quantitative estimate of drug-likeness (QED) is 0.762. The van der Waals surface area contributed by atoms with Crippen molar-refractivity contribution >= 4 is 17.6 Å². The molecule has 2 unspecified atom stereocenters. The van der Waals surface area contributed by atoms with Crippen molar-refractivity contribution in [3.05, 3.63) is 23.2 Å². The lowest BCUT2D eigenvalue weighted by atomic mass is 9.88. The predicted molar refractivity (Wildman–Crippen MR) is 63.9 cm³/mol. The summed E-state index contributed by atoms with van der Waals surface area (Å²) >= 11 is 5.68. The Balaban J connectivity index is 2.01.